The highest BCUT2D eigenvalue weighted by Gasteiger charge is 2.22. The largest absolute Gasteiger partial charge is 0.492 e. The zero-order chi connectivity index (χ0) is 25.3. The summed E-state index contributed by atoms with van der Waals surface area (Å²) in [5.74, 6) is 7.75. The molecule has 1 fully saturated rings. The summed E-state index contributed by atoms with van der Waals surface area (Å²) in [5.41, 5.74) is 2.95. The van der Waals surface area contributed by atoms with E-state index in [1.54, 1.807) is 24.0 Å². The Kier molecular flexibility index (Phi) is 8.38. The third-order valence-corrected chi connectivity index (χ3v) is 6.05. The highest BCUT2D eigenvalue weighted by Crippen LogP contribution is 2.31. The van der Waals surface area contributed by atoms with Crippen molar-refractivity contribution in [1.82, 2.24) is 19.5 Å². The molecule has 4 rings (SSSR count). The molecule has 0 radical (unpaired) electrons. The Bertz CT molecular complexity index is 1290. The SMILES string of the molecule is CCOc1cc(-c2ccc(N3CCN(C(=O)CCC#CCCOC)CC3)nc2)c2c(C#N)cnn2c1. The van der Waals surface area contributed by atoms with E-state index in [2.05, 4.69) is 27.9 Å². The number of fused-ring (bicyclic) bond motifs is 1. The Morgan fingerprint density at radius 1 is 1.14 bits per heavy atom. The third kappa shape index (κ3) is 5.76. The second-order valence-corrected chi connectivity index (χ2v) is 8.35. The molecule has 1 aliphatic rings. The fourth-order valence-electron chi connectivity index (χ4n) is 4.22. The molecule has 0 aliphatic carbocycles. The van der Waals surface area contributed by atoms with Gasteiger partial charge < -0.3 is 19.3 Å². The van der Waals surface area contributed by atoms with Crippen LogP contribution in [-0.4, -0.2) is 71.9 Å². The number of nitriles is 1. The molecule has 1 amide bonds. The van der Waals surface area contributed by atoms with E-state index < -0.39 is 0 Å². The predicted molar refractivity (Wildman–Crippen MR) is 137 cm³/mol. The number of rotatable bonds is 8. The molecule has 0 bridgehead atoms. The van der Waals surface area contributed by atoms with Gasteiger partial charge in [-0.2, -0.15) is 10.4 Å². The lowest BCUT2D eigenvalue weighted by molar-refractivity contribution is -0.131. The van der Waals surface area contributed by atoms with Gasteiger partial charge in [-0.05, 0) is 25.1 Å². The number of aromatic nitrogens is 3. The predicted octanol–water partition coefficient (Wildman–Crippen LogP) is 3.14. The molecule has 0 unspecified atom stereocenters. The monoisotopic (exact) mass is 486 g/mol. The van der Waals surface area contributed by atoms with E-state index in [9.17, 15) is 10.1 Å². The molecule has 1 saturated heterocycles. The Balaban J connectivity index is 1.40. The van der Waals surface area contributed by atoms with E-state index in [1.807, 2.05) is 36.2 Å². The molecule has 3 aromatic rings. The number of carbonyl (C=O) groups is 1. The van der Waals surface area contributed by atoms with Gasteiger partial charge in [-0.1, -0.05) is 0 Å². The fraction of sp³-hybridized carbons (Fsp3) is 0.407. The normalized spacial score (nSPS) is 13.2. The molecule has 9 heteroatoms. The quantitative estimate of drug-likeness (QED) is 0.357. The smallest absolute Gasteiger partial charge is 0.223 e. The van der Waals surface area contributed by atoms with Crippen LogP contribution in [0.1, 0.15) is 31.7 Å². The average molecular weight is 487 g/mol. The summed E-state index contributed by atoms with van der Waals surface area (Å²) in [6.07, 6.45) is 6.87. The molecule has 36 heavy (non-hydrogen) atoms. The summed E-state index contributed by atoms with van der Waals surface area (Å²) in [5, 5.41) is 13.8. The van der Waals surface area contributed by atoms with Crippen molar-refractivity contribution in [2.75, 3.05) is 51.4 Å². The number of carbonyl (C=O) groups excluding carboxylic acids is 1. The van der Waals surface area contributed by atoms with Gasteiger partial charge in [0, 0.05) is 69.9 Å². The van der Waals surface area contributed by atoms with Gasteiger partial charge >= 0.3 is 0 Å². The van der Waals surface area contributed by atoms with Crippen LogP contribution in [0.4, 0.5) is 5.82 Å². The first-order chi connectivity index (χ1) is 17.6. The molecule has 0 spiro atoms. The van der Waals surface area contributed by atoms with Crippen LogP contribution in [-0.2, 0) is 9.53 Å². The molecular weight excluding hydrogens is 456 g/mol. The van der Waals surface area contributed by atoms with Crippen LogP contribution >= 0.6 is 0 Å². The minimum atomic E-state index is 0.145. The molecule has 0 atom stereocenters. The van der Waals surface area contributed by atoms with Crippen LogP contribution in [0, 0.1) is 23.2 Å². The third-order valence-electron chi connectivity index (χ3n) is 6.05. The lowest BCUT2D eigenvalue weighted by Gasteiger charge is -2.35. The van der Waals surface area contributed by atoms with Gasteiger partial charge in [-0.25, -0.2) is 9.50 Å². The van der Waals surface area contributed by atoms with E-state index >= 15 is 0 Å². The maximum Gasteiger partial charge on any atom is 0.223 e. The van der Waals surface area contributed by atoms with Crippen molar-refractivity contribution in [3.05, 3.63) is 42.4 Å². The van der Waals surface area contributed by atoms with E-state index in [0.29, 0.717) is 56.9 Å². The molecule has 4 heterocycles. The van der Waals surface area contributed by atoms with Crippen molar-refractivity contribution in [3.63, 3.8) is 0 Å². The molecule has 0 aromatic carbocycles. The summed E-state index contributed by atoms with van der Waals surface area (Å²) in [6.45, 7) is 5.86. The average Bonchev–Trinajstić information content (AvgIpc) is 3.33. The van der Waals surface area contributed by atoms with Crippen LogP contribution in [0.3, 0.4) is 0 Å². The first-order valence-corrected chi connectivity index (χ1v) is 12.1. The van der Waals surface area contributed by atoms with Gasteiger partial charge in [0.25, 0.3) is 0 Å². The maximum absolute atomic E-state index is 12.5. The number of hydrogen-bond acceptors (Lipinski definition) is 7. The lowest BCUT2D eigenvalue weighted by Crippen LogP contribution is -2.49. The van der Waals surface area contributed by atoms with Gasteiger partial charge in [0.05, 0.1) is 36.7 Å². The summed E-state index contributed by atoms with van der Waals surface area (Å²) in [7, 11) is 1.65. The number of hydrogen-bond donors (Lipinski definition) is 0. The zero-order valence-corrected chi connectivity index (χ0v) is 20.7. The lowest BCUT2D eigenvalue weighted by atomic mass is 10.1. The standard InChI is InChI=1S/C27H30N6O3/c1-3-36-23-16-24(27-22(17-28)19-30-33(27)20-23)21-9-10-25(29-18-21)31-11-13-32(14-12-31)26(34)8-6-4-5-7-15-35-2/h9-10,16,18-20H,3,6-8,11-15H2,1-2H3. The van der Waals surface area contributed by atoms with Gasteiger partial charge in [0.2, 0.25) is 5.91 Å². The van der Waals surface area contributed by atoms with E-state index in [4.69, 9.17) is 14.5 Å². The van der Waals surface area contributed by atoms with Crippen molar-refractivity contribution in [3.8, 4) is 34.8 Å². The maximum atomic E-state index is 12.5. The topological polar surface area (TPSA) is 96.0 Å². The summed E-state index contributed by atoms with van der Waals surface area (Å²) >= 11 is 0. The second-order valence-electron chi connectivity index (χ2n) is 8.35. The van der Waals surface area contributed by atoms with Crippen LogP contribution < -0.4 is 9.64 Å². The Hall–Kier alpha value is -4.08. The zero-order valence-electron chi connectivity index (χ0n) is 20.7. The van der Waals surface area contributed by atoms with Crippen LogP contribution in [0.15, 0.2) is 36.8 Å². The molecule has 9 nitrogen and oxygen atoms in total. The number of methoxy groups -OCH3 is 1. The Morgan fingerprint density at radius 2 is 1.94 bits per heavy atom. The van der Waals surface area contributed by atoms with E-state index in [-0.39, 0.29) is 5.91 Å². The number of nitrogens with zero attached hydrogens (tertiary/aromatic N) is 6. The summed E-state index contributed by atoms with van der Waals surface area (Å²) < 4.78 is 12.3. The van der Waals surface area contributed by atoms with E-state index in [1.165, 1.54) is 0 Å². The highest BCUT2D eigenvalue weighted by atomic mass is 16.5. The first-order valence-electron chi connectivity index (χ1n) is 12.1. The highest BCUT2D eigenvalue weighted by molar-refractivity contribution is 5.85. The van der Waals surface area contributed by atoms with Crippen molar-refractivity contribution in [2.24, 2.45) is 0 Å². The number of ether oxygens (including phenoxy) is 2. The van der Waals surface area contributed by atoms with Crippen LogP contribution in [0.25, 0.3) is 16.6 Å². The Morgan fingerprint density at radius 3 is 2.64 bits per heavy atom. The van der Waals surface area contributed by atoms with Gasteiger partial charge in [-0.3, -0.25) is 4.79 Å². The van der Waals surface area contributed by atoms with E-state index in [0.717, 1.165) is 35.6 Å². The van der Waals surface area contributed by atoms with Crippen LogP contribution in [0.2, 0.25) is 0 Å². The minimum Gasteiger partial charge on any atom is -0.492 e. The number of piperazine rings is 1. The number of amides is 1. The van der Waals surface area contributed by atoms with Gasteiger partial charge in [0.15, 0.2) is 0 Å². The van der Waals surface area contributed by atoms with Crippen molar-refractivity contribution >= 4 is 17.2 Å². The van der Waals surface area contributed by atoms with Crippen molar-refractivity contribution < 1.29 is 14.3 Å². The van der Waals surface area contributed by atoms with Crippen LogP contribution in [0.5, 0.6) is 5.75 Å². The molecule has 0 saturated carbocycles. The fourth-order valence-corrected chi connectivity index (χ4v) is 4.22. The van der Waals surface area contributed by atoms with Gasteiger partial charge in [-0.15, -0.1) is 11.8 Å². The number of anilines is 1. The van der Waals surface area contributed by atoms with Crippen molar-refractivity contribution in [2.45, 2.75) is 26.2 Å². The van der Waals surface area contributed by atoms with Crippen molar-refractivity contribution in [1.29, 1.82) is 5.26 Å². The number of pyridine rings is 2. The molecule has 1 aliphatic heterocycles. The molecule has 3 aromatic heterocycles. The van der Waals surface area contributed by atoms with Gasteiger partial charge in [0.1, 0.15) is 17.6 Å². The second kappa shape index (κ2) is 12.1. The molecule has 0 N–H and O–H groups in total. The first kappa shape index (κ1) is 25.0. The Labute approximate surface area is 211 Å². The summed E-state index contributed by atoms with van der Waals surface area (Å²) in [4.78, 5) is 21.3. The molecular formula is C27H30N6O3. The summed E-state index contributed by atoms with van der Waals surface area (Å²) in [6, 6.07) is 8.12. The minimum absolute atomic E-state index is 0.145. The molecule has 186 valence electrons.